The molecule has 2 aromatic rings. The molecule has 152 valence electrons. The van der Waals surface area contributed by atoms with E-state index in [1.807, 2.05) is 47.4 Å². The Morgan fingerprint density at radius 1 is 0.931 bits per heavy atom. The van der Waals surface area contributed by atoms with Crippen LogP contribution >= 0.6 is 0 Å². The standard InChI is InChI=1S/C24H28N2O3/c27-23(25-17-22-7-4-16-29-22)20-12-14-26(15-13-20)24(28)21-10-8-19(9-11-21)18-5-2-1-3-6-18/h1-3,5-6,8-11,20,22H,4,7,12-17H2,(H,25,27). The van der Waals surface area contributed by atoms with Crippen molar-refractivity contribution in [1.82, 2.24) is 10.2 Å². The predicted octanol–water partition coefficient (Wildman–Crippen LogP) is 3.50. The maximum absolute atomic E-state index is 12.8. The minimum atomic E-state index is -0.0130. The number of nitrogens with zero attached hydrogens (tertiary/aromatic N) is 1. The molecule has 2 amide bonds. The monoisotopic (exact) mass is 392 g/mol. The highest BCUT2D eigenvalue weighted by Crippen LogP contribution is 2.22. The molecule has 0 bridgehead atoms. The van der Waals surface area contributed by atoms with Crippen LogP contribution < -0.4 is 5.32 Å². The molecular formula is C24H28N2O3. The second kappa shape index (κ2) is 9.23. The Hall–Kier alpha value is -2.66. The molecule has 1 N–H and O–H groups in total. The van der Waals surface area contributed by atoms with Crippen LogP contribution in [0.1, 0.15) is 36.0 Å². The Morgan fingerprint density at radius 3 is 2.28 bits per heavy atom. The van der Waals surface area contributed by atoms with E-state index in [-0.39, 0.29) is 23.8 Å². The summed E-state index contributed by atoms with van der Waals surface area (Å²) in [6.07, 6.45) is 3.69. The molecular weight excluding hydrogens is 364 g/mol. The van der Waals surface area contributed by atoms with Gasteiger partial charge in [-0.15, -0.1) is 0 Å². The zero-order valence-corrected chi connectivity index (χ0v) is 16.7. The number of piperidine rings is 1. The third-order valence-electron chi connectivity index (χ3n) is 5.92. The molecule has 2 saturated heterocycles. The Balaban J connectivity index is 1.28. The maximum atomic E-state index is 12.8. The lowest BCUT2D eigenvalue weighted by atomic mass is 9.95. The predicted molar refractivity (Wildman–Crippen MR) is 112 cm³/mol. The minimum absolute atomic E-state index is 0.0130. The van der Waals surface area contributed by atoms with Crippen LogP contribution in [0, 0.1) is 5.92 Å². The third-order valence-corrected chi connectivity index (χ3v) is 5.92. The fourth-order valence-corrected chi connectivity index (χ4v) is 4.13. The third kappa shape index (κ3) is 4.85. The van der Waals surface area contributed by atoms with Gasteiger partial charge in [-0.05, 0) is 48.9 Å². The molecule has 2 aliphatic heterocycles. The topological polar surface area (TPSA) is 58.6 Å². The zero-order valence-electron chi connectivity index (χ0n) is 16.7. The second-order valence-corrected chi connectivity index (χ2v) is 7.89. The van der Waals surface area contributed by atoms with Gasteiger partial charge in [0.25, 0.3) is 5.91 Å². The summed E-state index contributed by atoms with van der Waals surface area (Å²) in [5.41, 5.74) is 2.94. The number of hydrogen-bond donors (Lipinski definition) is 1. The second-order valence-electron chi connectivity index (χ2n) is 7.89. The average molecular weight is 392 g/mol. The molecule has 5 heteroatoms. The van der Waals surface area contributed by atoms with Crippen molar-refractivity contribution in [2.45, 2.75) is 31.8 Å². The van der Waals surface area contributed by atoms with Crippen molar-refractivity contribution < 1.29 is 14.3 Å². The molecule has 0 saturated carbocycles. The Labute approximate surface area is 172 Å². The summed E-state index contributed by atoms with van der Waals surface area (Å²) in [6, 6.07) is 17.9. The average Bonchev–Trinajstić information content (AvgIpc) is 3.31. The van der Waals surface area contributed by atoms with Gasteiger partial charge < -0.3 is 15.0 Å². The molecule has 2 aromatic carbocycles. The Bertz CT molecular complexity index is 821. The van der Waals surface area contributed by atoms with E-state index >= 15 is 0 Å². The number of benzene rings is 2. The lowest BCUT2D eigenvalue weighted by molar-refractivity contribution is -0.126. The van der Waals surface area contributed by atoms with Gasteiger partial charge in [-0.25, -0.2) is 0 Å². The molecule has 2 aliphatic rings. The number of likely N-dealkylation sites (tertiary alicyclic amines) is 1. The van der Waals surface area contributed by atoms with Crippen LogP contribution in [0.25, 0.3) is 11.1 Å². The highest BCUT2D eigenvalue weighted by molar-refractivity contribution is 5.95. The Morgan fingerprint density at radius 2 is 1.62 bits per heavy atom. The van der Waals surface area contributed by atoms with Gasteiger partial charge in [0.1, 0.15) is 0 Å². The lowest BCUT2D eigenvalue weighted by Crippen LogP contribution is -2.44. The van der Waals surface area contributed by atoms with E-state index in [4.69, 9.17) is 4.74 Å². The van der Waals surface area contributed by atoms with E-state index in [1.165, 1.54) is 0 Å². The molecule has 0 radical (unpaired) electrons. The highest BCUT2D eigenvalue weighted by atomic mass is 16.5. The molecule has 4 rings (SSSR count). The summed E-state index contributed by atoms with van der Waals surface area (Å²) in [5, 5.41) is 3.02. The first kappa shape index (κ1) is 19.6. The SMILES string of the molecule is O=C(NCC1CCCO1)C1CCN(C(=O)c2ccc(-c3ccccc3)cc2)CC1. The van der Waals surface area contributed by atoms with E-state index in [2.05, 4.69) is 17.4 Å². The Kier molecular flexibility index (Phi) is 6.25. The van der Waals surface area contributed by atoms with Gasteiger partial charge in [0.2, 0.25) is 5.91 Å². The first-order valence-corrected chi connectivity index (χ1v) is 10.5. The summed E-state index contributed by atoms with van der Waals surface area (Å²) in [6.45, 7) is 2.65. The molecule has 5 nitrogen and oxygen atoms in total. The van der Waals surface area contributed by atoms with Gasteiger partial charge in [-0.1, -0.05) is 42.5 Å². The smallest absolute Gasteiger partial charge is 0.253 e. The fourth-order valence-electron chi connectivity index (χ4n) is 4.13. The van der Waals surface area contributed by atoms with E-state index in [0.717, 1.165) is 30.6 Å². The van der Waals surface area contributed by atoms with Crippen LogP contribution in [0.2, 0.25) is 0 Å². The number of carbonyl (C=O) groups is 2. The summed E-state index contributed by atoms with van der Waals surface area (Å²) in [4.78, 5) is 27.1. The van der Waals surface area contributed by atoms with Crippen LogP contribution in [-0.2, 0) is 9.53 Å². The van der Waals surface area contributed by atoms with Crippen LogP contribution in [0.3, 0.4) is 0 Å². The van der Waals surface area contributed by atoms with Crippen molar-refractivity contribution in [3.05, 3.63) is 60.2 Å². The first-order valence-electron chi connectivity index (χ1n) is 10.5. The number of hydrogen-bond acceptors (Lipinski definition) is 3. The van der Waals surface area contributed by atoms with Crippen LogP contribution in [0.4, 0.5) is 0 Å². The molecule has 0 aliphatic carbocycles. The van der Waals surface area contributed by atoms with Gasteiger partial charge in [0.05, 0.1) is 6.10 Å². The molecule has 2 heterocycles. The molecule has 0 aromatic heterocycles. The molecule has 2 fully saturated rings. The molecule has 0 spiro atoms. The van der Waals surface area contributed by atoms with E-state index in [9.17, 15) is 9.59 Å². The van der Waals surface area contributed by atoms with Crippen LogP contribution in [0.15, 0.2) is 54.6 Å². The van der Waals surface area contributed by atoms with Gasteiger partial charge in [-0.3, -0.25) is 9.59 Å². The fraction of sp³-hybridized carbons (Fsp3) is 0.417. The van der Waals surface area contributed by atoms with Gasteiger partial charge >= 0.3 is 0 Å². The quantitative estimate of drug-likeness (QED) is 0.847. The van der Waals surface area contributed by atoms with Crippen molar-refractivity contribution in [3.8, 4) is 11.1 Å². The number of rotatable bonds is 5. The van der Waals surface area contributed by atoms with Crippen LogP contribution in [-0.4, -0.2) is 49.1 Å². The van der Waals surface area contributed by atoms with Crippen molar-refractivity contribution in [2.75, 3.05) is 26.2 Å². The number of nitrogens with one attached hydrogen (secondary N) is 1. The van der Waals surface area contributed by atoms with Crippen molar-refractivity contribution in [2.24, 2.45) is 5.92 Å². The summed E-state index contributed by atoms with van der Waals surface area (Å²) in [7, 11) is 0. The summed E-state index contributed by atoms with van der Waals surface area (Å²) < 4.78 is 5.56. The molecule has 1 unspecified atom stereocenters. The van der Waals surface area contributed by atoms with Crippen molar-refractivity contribution in [1.29, 1.82) is 0 Å². The first-order chi connectivity index (χ1) is 14.2. The van der Waals surface area contributed by atoms with E-state index in [1.54, 1.807) is 0 Å². The van der Waals surface area contributed by atoms with Gasteiger partial charge in [0.15, 0.2) is 0 Å². The van der Waals surface area contributed by atoms with Gasteiger partial charge in [0, 0.05) is 37.7 Å². The van der Waals surface area contributed by atoms with Gasteiger partial charge in [-0.2, -0.15) is 0 Å². The summed E-state index contributed by atoms with van der Waals surface area (Å²) in [5.74, 6) is 0.128. The number of carbonyl (C=O) groups excluding carboxylic acids is 2. The highest BCUT2D eigenvalue weighted by Gasteiger charge is 2.28. The molecule has 1 atom stereocenters. The van der Waals surface area contributed by atoms with E-state index < -0.39 is 0 Å². The normalized spacial score (nSPS) is 19.9. The van der Waals surface area contributed by atoms with Crippen molar-refractivity contribution >= 4 is 11.8 Å². The molecule has 29 heavy (non-hydrogen) atoms. The largest absolute Gasteiger partial charge is 0.376 e. The maximum Gasteiger partial charge on any atom is 0.253 e. The zero-order chi connectivity index (χ0) is 20.1. The minimum Gasteiger partial charge on any atom is -0.376 e. The summed E-state index contributed by atoms with van der Waals surface area (Å²) >= 11 is 0. The lowest BCUT2D eigenvalue weighted by Gasteiger charge is -2.31. The van der Waals surface area contributed by atoms with E-state index in [0.29, 0.717) is 38.0 Å². The van der Waals surface area contributed by atoms with Crippen molar-refractivity contribution in [3.63, 3.8) is 0 Å². The number of amides is 2. The number of ether oxygens (including phenoxy) is 1. The van der Waals surface area contributed by atoms with Crippen LogP contribution in [0.5, 0.6) is 0 Å².